The standard InChI is InChI=1S/C25H34N2O4S/c1-19(2)31-23-10-4-7-21(17-23)8-5-15-26-25(28)22-9-6-16-27(18-22)32(29,30)24-13-11-20(3)12-14-24/h4,7,10-14,17,19,22H,5-6,8-9,15-16,18H2,1-3H3,(H,26,28)/t22-/m0/s1. The fraction of sp³-hybridized carbons (Fsp3) is 0.480. The van der Waals surface area contributed by atoms with Gasteiger partial charge >= 0.3 is 0 Å². The fourth-order valence-electron chi connectivity index (χ4n) is 3.93. The Bertz CT molecular complexity index is 1000. The maximum absolute atomic E-state index is 13.0. The molecule has 0 aliphatic carbocycles. The normalized spacial score (nSPS) is 17.3. The SMILES string of the molecule is Cc1ccc(S(=O)(=O)N2CCC[C@H](C(=O)NCCCc3cccc(OC(C)C)c3)C2)cc1. The van der Waals surface area contributed by atoms with Crippen LogP contribution in [0.4, 0.5) is 0 Å². The number of sulfonamides is 1. The lowest BCUT2D eigenvalue weighted by molar-refractivity contribution is -0.126. The van der Waals surface area contributed by atoms with Gasteiger partial charge in [-0.25, -0.2) is 8.42 Å². The van der Waals surface area contributed by atoms with Crippen LogP contribution in [-0.2, 0) is 21.2 Å². The lowest BCUT2D eigenvalue weighted by atomic mass is 9.99. The Hall–Kier alpha value is -2.38. The predicted octanol–water partition coefficient (Wildman–Crippen LogP) is 3.93. The van der Waals surface area contributed by atoms with E-state index in [1.807, 2.05) is 39.0 Å². The predicted molar refractivity (Wildman–Crippen MR) is 126 cm³/mol. The number of rotatable bonds is 9. The molecule has 0 aromatic heterocycles. The highest BCUT2D eigenvalue weighted by atomic mass is 32.2. The summed E-state index contributed by atoms with van der Waals surface area (Å²) in [6.07, 6.45) is 3.18. The number of aryl methyl sites for hydroxylation is 2. The quantitative estimate of drug-likeness (QED) is 0.578. The van der Waals surface area contributed by atoms with Gasteiger partial charge in [0.25, 0.3) is 0 Å². The van der Waals surface area contributed by atoms with E-state index >= 15 is 0 Å². The minimum atomic E-state index is -3.58. The first-order valence-corrected chi connectivity index (χ1v) is 12.8. The minimum absolute atomic E-state index is 0.0642. The molecule has 1 fully saturated rings. The van der Waals surface area contributed by atoms with Crippen LogP contribution in [0.25, 0.3) is 0 Å². The molecule has 1 aliphatic rings. The van der Waals surface area contributed by atoms with E-state index in [2.05, 4.69) is 11.4 Å². The second-order valence-electron chi connectivity index (χ2n) is 8.72. The van der Waals surface area contributed by atoms with Gasteiger partial charge in [-0.1, -0.05) is 29.8 Å². The number of carbonyl (C=O) groups is 1. The first-order valence-electron chi connectivity index (χ1n) is 11.4. The number of hydrogen-bond donors (Lipinski definition) is 1. The van der Waals surface area contributed by atoms with E-state index in [9.17, 15) is 13.2 Å². The third-order valence-electron chi connectivity index (χ3n) is 5.63. The fourth-order valence-corrected chi connectivity index (χ4v) is 5.45. The zero-order chi connectivity index (χ0) is 23.1. The highest BCUT2D eigenvalue weighted by Gasteiger charge is 2.33. The molecule has 7 heteroatoms. The van der Waals surface area contributed by atoms with Crippen LogP contribution >= 0.6 is 0 Å². The van der Waals surface area contributed by atoms with Crippen molar-refractivity contribution in [3.63, 3.8) is 0 Å². The Labute approximate surface area is 192 Å². The molecule has 6 nitrogen and oxygen atoms in total. The van der Waals surface area contributed by atoms with E-state index < -0.39 is 10.0 Å². The minimum Gasteiger partial charge on any atom is -0.491 e. The van der Waals surface area contributed by atoms with Gasteiger partial charge in [0.05, 0.1) is 16.9 Å². The Morgan fingerprint density at radius 2 is 1.94 bits per heavy atom. The molecule has 1 heterocycles. The van der Waals surface area contributed by atoms with Crippen molar-refractivity contribution in [3.05, 3.63) is 59.7 Å². The van der Waals surface area contributed by atoms with Gasteiger partial charge in [-0.2, -0.15) is 4.31 Å². The van der Waals surface area contributed by atoms with Gasteiger partial charge in [0.1, 0.15) is 5.75 Å². The van der Waals surface area contributed by atoms with E-state index in [4.69, 9.17) is 4.74 Å². The van der Waals surface area contributed by atoms with Gasteiger partial charge in [-0.3, -0.25) is 4.79 Å². The number of nitrogens with one attached hydrogen (secondary N) is 1. The molecular formula is C25H34N2O4S. The third-order valence-corrected chi connectivity index (χ3v) is 7.50. The number of carbonyl (C=O) groups excluding carboxylic acids is 1. The van der Waals surface area contributed by atoms with Gasteiger partial charge in [-0.05, 0) is 76.3 Å². The van der Waals surface area contributed by atoms with Crippen LogP contribution in [-0.4, -0.2) is 44.4 Å². The number of piperidine rings is 1. The largest absolute Gasteiger partial charge is 0.491 e. The highest BCUT2D eigenvalue weighted by molar-refractivity contribution is 7.89. The van der Waals surface area contributed by atoms with Crippen LogP contribution in [0.3, 0.4) is 0 Å². The van der Waals surface area contributed by atoms with Gasteiger partial charge in [-0.15, -0.1) is 0 Å². The monoisotopic (exact) mass is 458 g/mol. The van der Waals surface area contributed by atoms with Crippen molar-refractivity contribution in [2.75, 3.05) is 19.6 Å². The van der Waals surface area contributed by atoms with Crippen LogP contribution in [0.15, 0.2) is 53.4 Å². The number of nitrogens with zero attached hydrogens (tertiary/aromatic N) is 1. The molecule has 2 aromatic carbocycles. The van der Waals surface area contributed by atoms with E-state index in [0.29, 0.717) is 25.9 Å². The molecule has 1 saturated heterocycles. The molecule has 0 unspecified atom stereocenters. The number of benzene rings is 2. The molecule has 0 spiro atoms. The van der Waals surface area contributed by atoms with Gasteiger partial charge in [0.15, 0.2) is 0 Å². The average Bonchev–Trinajstić information content (AvgIpc) is 2.77. The van der Waals surface area contributed by atoms with Crippen molar-refractivity contribution in [1.29, 1.82) is 0 Å². The van der Waals surface area contributed by atoms with Crippen LogP contribution in [0.5, 0.6) is 5.75 Å². The van der Waals surface area contributed by atoms with E-state index in [0.717, 1.165) is 24.2 Å². The molecule has 0 bridgehead atoms. The number of ether oxygens (including phenoxy) is 1. The Morgan fingerprint density at radius 3 is 2.66 bits per heavy atom. The summed E-state index contributed by atoms with van der Waals surface area (Å²) in [5.41, 5.74) is 2.18. The van der Waals surface area contributed by atoms with E-state index in [1.54, 1.807) is 24.3 Å². The molecular weight excluding hydrogens is 424 g/mol. The van der Waals surface area contributed by atoms with Gasteiger partial charge < -0.3 is 10.1 Å². The molecule has 3 rings (SSSR count). The van der Waals surface area contributed by atoms with Crippen LogP contribution in [0, 0.1) is 12.8 Å². The van der Waals surface area contributed by atoms with Crippen molar-refractivity contribution in [2.24, 2.45) is 5.92 Å². The van der Waals surface area contributed by atoms with Crippen LogP contribution < -0.4 is 10.1 Å². The van der Waals surface area contributed by atoms with E-state index in [-0.39, 0.29) is 29.4 Å². The summed E-state index contributed by atoms with van der Waals surface area (Å²) in [5.74, 6) is 0.482. The maximum atomic E-state index is 13.0. The van der Waals surface area contributed by atoms with Crippen molar-refractivity contribution >= 4 is 15.9 Å². The summed E-state index contributed by atoms with van der Waals surface area (Å²) in [7, 11) is -3.58. The second-order valence-corrected chi connectivity index (χ2v) is 10.7. The van der Waals surface area contributed by atoms with Crippen molar-refractivity contribution in [2.45, 2.75) is 57.5 Å². The lowest BCUT2D eigenvalue weighted by Crippen LogP contribution is -2.45. The van der Waals surface area contributed by atoms with Gasteiger partial charge in [0.2, 0.25) is 15.9 Å². The summed E-state index contributed by atoms with van der Waals surface area (Å²) in [6.45, 7) is 7.18. The molecule has 1 atom stereocenters. The van der Waals surface area contributed by atoms with Crippen LogP contribution in [0.2, 0.25) is 0 Å². The van der Waals surface area contributed by atoms with Crippen molar-refractivity contribution in [3.8, 4) is 5.75 Å². The summed E-state index contributed by atoms with van der Waals surface area (Å²) in [6, 6.07) is 14.9. The zero-order valence-electron chi connectivity index (χ0n) is 19.2. The zero-order valence-corrected chi connectivity index (χ0v) is 20.0. The third kappa shape index (κ3) is 6.56. The first kappa shape index (κ1) is 24.3. The Morgan fingerprint density at radius 1 is 1.19 bits per heavy atom. The number of hydrogen-bond acceptors (Lipinski definition) is 4. The van der Waals surface area contributed by atoms with Gasteiger partial charge in [0, 0.05) is 19.6 Å². The molecule has 1 N–H and O–H groups in total. The maximum Gasteiger partial charge on any atom is 0.243 e. The Kier molecular flexibility index (Phi) is 8.32. The molecule has 0 saturated carbocycles. The average molecular weight is 459 g/mol. The second kappa shape index (κ2) is 11.0. The molecule has 32 heavy (non-hydrogen) atoms. The van der Waals surface area contributed by atoms with E-state index in [1.165, 1.54) is 9.87 Å². The summed E-state index contributed by atoms with van der Waals surface area (Å²) in [4.78, 5) is 13.0. The molecule has 0 radical (unpaired) electrons. The highest BCUT2D eigenvalue weighted by Crippen LogP contribution is 2.24. The number of amides is 1. The summed E-state index contributed by atoms with van der Waals surface area (Å²) < 4.78 is 33.1. The smallest absolute Gasteiger partial charge is 0.243 e. The summed E-state index contributed by atoms with van der Waals surface area (Å²) >= 11 is 0. The topological polar surface area (TPSA) is 75.7 Å². The molecule has 2 aromatic rings. The summed E-state index contributed by atoms with van der Waals surface area (Å²) in [5, 5.41) is 3.00. The Balaban J connectivity index is 1.49. The first-order chi connectivity index (χ1) is 15.3. The molecule has 1 amide bonds. The lowest BCUT2D eigenvalue weighted by Gasteiger charge is -2.31. The molecule has 174 valence electrons. The van der Waals surface area contributed by atoms with Crippen molar-refractivity contribution in [1.82, 2.24) is 9.62 Å². The molecule has 1 aliphatic heterocycles. The van der Waals surface area contributed by atoms with Crippen molar-refractivity contribution < 1.29 is 17.9 Å². The van der Waals surface area contributed by atoms with Crippen LogP contribution in [0.1, 0.15) is 44.2 Å².